The summed E-state index contributed by atoms with van der Waals surface area (Å²) < 4.78 is 10.7. The number of hydrogen-bond acceptors (Lipinski definition) is 5. The topological polar surface area (TPSA) is 89.9 Å². The lowest BCUT2D eigenvalue weighted by atomic mass is 10.1. The van der Waals surface area contributed by atoms with Crippen LogP contribution in [0.5, 0.6) is 0 Å². The first kappa shape index (κ1) is 19.8. The van der Waals surface area contributed by atoms with Crippen molar-refractivity contribution in [3.63, 3.8) is 0 Å². The van der Waals surface area contributed by atoms with Gasteiger partial charge in [-0.3, -0.25) is 14.4 Å². The van der Waals surface area contributed by atoms with E-state index in [1.54, 1.807) is 0 Å². The van der Waals surface area contributed by atoms with Gasteiger partial charge in [0.05, 0.1) is 19.6 Å². The maximum absolute atomic E-state index is 11.7. The summed E-state index contributed by atoms with van der Waals surface area (Å²) in [5.74, 6) is -2.10. The molecule has 0 rings (SSSR count). The molecule has 6 nitrogen and oxygen atoms in total. The van der Waals surface area contributed by atoms with E-state index in [-0.39, 0.29) is 17.9 Å². The molecule has 0 aromatic carbocycles. The Morgan fingerprint density at radius 1 is 1.14 bits per heavy atom. The Morgan fingerprint density at radius 2 is 1.67 bits per heavy atom. The Bertz CT molecular complexity index is 397. The normalized spacial score (nSPS) is 13.6. The van der Waals surface area contributed by atoms with Gasteiger partial charge in [0.2, 0.25) is 0 Å². The van der Waals surface area contributed by atoms with Crippen LogP contribution in [0.15, 0.2) is 0 Å². The van der Waals surface area contributed by atoms with Crippen LogP contribution in [-0.4, -0.2) is 44.4 Å². The van der Waals surface area contributed by atoms with E-state index in [0.29, 0.717) is 0 Å². The average Bonchev–Trinajstić information content (AvgIpc) is 2.24. The summed E-state index contributed by atoms with van der Waals surface area (Å²) >= 11 is 0. The second kappa shape index (κ2) is 7.70. The highest BCUT2D eigenvalue weighted by molar-refractivity contribution is 6.74. The first-order valence-corrected chi connectivity index (χ1v) is 9.78. The van der Waals surface area contributed by atoms with Crippen LogP contribution in [0.1, 0.15) is 40.0 Å². The van der Waals surface area contributed by atoms with Crippen molar-refractivity contribution in [2.75, 3.05) is 7.11 Å². The molecular formula is C14H26O6Si. The van der Waals surface area contributed by atoms with Crippen LogP contribution in [0.25, 0.3) is 0 Å². The summed E-state index contributed by atoms with van der Waals surface area (Å²) in [4.78, 5) is 33.7. The molecule has 0 aliphatic rings. The van der Waals surface area contributed by atoms with Crippen LogP contribution in [0, 0.1) is 0 Å². The Morgan fingerprint density at radius 3 is 2.05 bits per heavy atom. The molecule has 0 spiro atoms. The van der Waals surface area contributed by atoms with Gasteiger partial charge in [-0.2, -0.15) is 0 Å². The number of carboxylic acids is 1. The van der Waals surface area contributed by atoms with E-state index in [1.165, 1.54) is 7.11 Å². The number of Topliss-reactive ketones (excluding diaryl/α,β-unsaturated/α-hetero) is 1. The smallest absolute Gasteiger partial charge is 0.310 e. The molecule has 0 amide bonds. The third-order valence-electron chi connectivity index (χ3n) is 3.69. The summed E-state index contributed by atoms with van der Waals surface area (Å²) in [6, 6.07) is 0. The molecule has 0 fully saturated rings. The van der Waals surface area contributed by atoms with E-state index >= 15 is 0 Å². The number of ether oxygens (including phenoxy) is 1. The molecule has 21 heavy (non-hydrogen) atoms. The van der Waals surface area contributed by atoms with Crippen molar-refractivity contribution < 1.29 is 28.7 Å². The fourth-order valence-electron chi connectivity index (χ4n) is 1.51. The monoisotopic (exact) mass is 318 g/mol. The number of hydrogen-bond donors (Lipinski definition) is 1. The van der Waals surface area contributed by atoms with Gasteiger partial charge < -0.3 is 14.3 Å². The molecule has 0 aromatic rings. The highest BCUT2D eigenvalue weighted by Crippen LogP contribution is 2.38. The lowest BCUT2D eigenvalue weighted by Gasteiger charge is -2.39. The second-order valence-electron chi connectivity index (χ2n) is 6.59. The number of carboxylic acid groups (broad SMARTS) is 1. The van der Waals surface area contributed by atoms with E-state index in [1.807, 2.05) is 33.9 Å². The van der Waals surface area contributed by atoms with Gasteiger partial charge >= 0.3 is 11.9 Å². The minimum atomic E-state index is -2.16. The van der Waals surface area contributed by atoms with Crippen LogP contribution in [0.4, 0.5) is 0 Å². The predicted molar refractivity (Wildman–Crippen MR) is 80.6 cm³/mol. The third kappa shape index (κ3) is 7.38. The number of esters is 1. The molecule has 0 unspecified atom stereocenters. The molecule has 0 aliphatic heterocycles. The first-order chi connectivity index (χ1) is 9.39. The largest absolute Gasteiger partial charge is 0.481 e. The molecule has 122 valence electrons. The zero-order valence-electron chi connectivity index (χ0n) is 13.7. The van der Waals surface area contributed by atoms with Crippen molar-refractivity contribution in [1.82, 2.24) is 0 Å². The van der Waals surface area contributed by atoms with Gasteiger partial charge in [0.25, 0.3) is 0 Å². The molecule has 0 aliphatic carbocycles. The van der Waals surface area contributed by atoms with Gasteiger partial charge in [-0.15, -0.1) is 0 Å². The van der Waals surface area contributed by atoms with E-state index in [9.17, 15) is 14.4 Å². The minimum Gasteiger partial charge on any atom is -0.481 e. The van der Waals surface area contributed by atoms with Crippen LogP contribution in [0.3, 0.4) is 0 Å². The highest BCUT2D eigenvalue weighted by Gasteiger charge is 2.40. The lowest BCUT2D eigenvalue weighted by molar-refractivity contribution is -0.142. The number of carbonyl (C=O) groups excluding carboxylic acids is 2. The number of ketones is 1. The quantitative estimate of drug-likeness (QED) is 0.420. The highest BCUT2D eigenvalue weighted by atomic mass is 28.4. The molecule has 1 atom stereocenters. The van der Waals surface area contributed by atoms with Gasteiger partial charge in [-0.05, 0) is 18.1 Å². The van der Waals surface area contributed by atoms with Crippen molar-refractivity contribution in [1.29, 1.82) is 0 Å². The number of carbonyl (C=O) groups is 3. The van der Waals surface area contributed by atoms with Crippen LogP contribution >= 0.6 is 0 Å². The van der Waals surface area contributed by atoms with E-state index in [0.717, 1.165) is 0 Å². The molecule has 0 bridgehead atoms. The lowest BCUT2D eigenvalue weighted by Crippen LogP contribution is -2.45. The van der Waals surface area contributed by atoms with Crippen molar-refractivity contribution in [3.05, 3.63) is 0 Å². The standard InChI is InChI=1S/C14H26O6Si/c1-14(2,3)21(5,6)20-11(9-13(18)19-4)7-10(15)8-12(16)17/h11H,7-9H2,1-6H3,(H,16,17)/t11-/m1/s1. The van der Waals surface area contributed by atoms with E-state index in [4.69, 9.17) is 9.53 Å². The number of aliphatic carboxylic acids is 1. The Hall–Kier alpha value is -1.21. The number of rotatable bonds is 8. The zero-order chi connectivity index (χ0) is 16.8. The predicted octanol–water partition coefficient (Wildman–Crippen LogP) is 2.37. The van der Waals surface area contributed by atoms with Crippen molar-refractivity contribution in [2.45, 2.75) is 64.3 Å². The fourth-order valence-corrected chi connectivity index (χ4v) is 2.87. The summed E-state index contributed by atoms with van der Waals surface area (Å²) in [5.41, 5.74) is 0. The van der Waals surface area contributed by atoms with Crippen molar-refractivity contribution in [3.8, 4) is 0 Å². The van der Waals surface area contributed by atoms with Gasteiger partial charge in [-0.1, -0.05) is 20.8 Å². The first-order valence-electron chi connectivity index (χ1n) is 6.87. The van der Waals surface area contributed by atoms with Crippen LogP contribution in [0.2, 0.25) is 18.1 Å². The molecule has 0 saturated carbocycles. The summed E-state index contributed by atoms with van der Waals surface area (Å²) in [6.45, 7) is 10.2. The van der Waals surface area contributed by atoms with Crippen molar-refractivity contribution in [2.24, 2.45) is 0 Å². The van der Waals surface area contributed by atoms with Gasteiger partial charge in [0.15, 0.2) is 8.32 Å². The number of methoxy groups -OCH3 is 1. The summed E-state index contributed by atoms with van der Waals surface area (Å²) in [6.07, 6.45) is -1.33. The minimum absolute atomic E-state index is 0.0473. The maximum atomic E-state index is 11.7. The summed E-state index contributed by atoms with van der Waals surface area (Å²) in [5, 5.41) is 8.57. The Labute approximate surface area is 126 Å². The Balaban J connectivity index is 4.94. The molecule has 0 radical (unpaired) electrons. The van der Waals surface area contributed by atoms with Gasteiger partial charge in [0.1, 0.15) is 12.2 Å². The van der Waals surface area contributed by atoms with Crippen LogP contribution < -0.4 is 0 Å². The van der Waals surface area contributed by atoms with Crippen LogP contribution in [-0.2, 0) is 23.5 Å². The van der Waals surface area contributed by atoms with E-state index < -0.39 is 38.6 Å². The maximum Gasteiger partial charge on any atom is 0.310 e. The third-order valence-corrected chi connectivity index (χ3v) is 8.23. The molecule has 0 aromatic heterocycles. The Kier molecular flexibility index (Phi) is 7.25. The SMILES string of the molecule is COC(=O)C[C@@H](CC(=O)CC(=O)O)O[Si](C)(C)C(C)(C)C. The van der Waals surface area contributed by atoms with Gasteiger partial charge in [0, 0.05) is 6.42 Å². The zero-order valence-corrected chi connectivity index (χ0v) is 14.7. The van der Waals surface area contributed by atoms with E-state index in [2.05, 4.69) is 4.74 Å². The van der Waals surface area contributed by atoms with Crippen molar-refractivity contribution >= 4 is 26.0 Å². The molecular weight excluding hydrogens is 292 g/mol. The fraction of sp³-hybridized carbons (Fsp3) is 0.786. The molecule has 0 heterocycles. The molecule has 1 N–H and O–H groups in total. The average molecular weight is 318 g/mol. The molecule has 7 heteroatoms. The second-order valence-corrected chi connectivity index (χ2v) is 11.4. The van der Waals surface area contributed by atoms with Gasteiger partial charge in [-0.25, -0.2) is 0 Å². The molecule has 0 saturated heterocycles. The summed E-state index contributed by atoms with van der Waals surface area (Å²) in [7, 11) is -0.893.